The quantitative estimate of drug-likeness (QED) is 0.759. The lowest BCUT2D eigenvalue weighted by Gasteiger charge is -2.22. The standard InChI is InChI=1S/C13H17FN2O2/c14-12-6-10(17)3-4-11(12)13(18)16-8-9-2-1-5-15-7-9/h3-4,6,9,15,17H,1-2,5,7-8H2,(H,16,18). The Hall–Kier alpha value is -1.62. The van der Waals surface area contributed by atoms with Crippen molar-refractivity contribution in [2.45, 2.75) is 12.8 Å². The Balaban J connectivity index is 1.90. The van der Waals surface area contributed by atoms with E-state index in [0.717, 1.165) is 32.0 Å². The molecule has 1 fully saturated rings. The summed E-state index contributed by atoms with van der Waals surface area (Å²) in [6, 6.07) is 3.54. The molecule has 5 heteroatoms. The van der Waals surface area contributed by atoms with Gasteiger partial charge in [-0.1, -0.05) is 0 Å². The van der Waals surface area contributed by atoms with Gasteiger partial charge in [0.2, 0.25) is 0 Å². The smallest absolute Gasteiger partial charge is 0.254 e. The summed E-state index contributed by atoms with van der Waals surface area (Å²) in [5, 5.41) is 15.1. The van der Waals surface area contributed by atoms with E-state index in [2.05, 4.69) is 10.6 Å². The number of phenolic OH excluding ortho intramolecular Hbond substituents is 1. The molecule has 0 bridgehead atoms. The molecule has 18 heavy (non-hydrogen) atoms. The Morgan fingerprint density at radius 3 is 3.06 bits per heavy atom. The highest BCUT2D eigenvalue weighted by Gasteiger charge is 2.16. The molecule has 1 aromatic rings. The van der Waals surface area contributed by atoms with Crippen molar-refractivity contribution < 1.29 is 14.3 Å². The van der Waals surface area contributed by atoms with E-state index in [1.807, 2.05) is 0 Å². The fourth-order valence-corrected chi connectivity index (χ4v) is 2.12. The van der Waals surface area contributed by atoms with Gasteiger partial charge in [0.05, 0.1) is 5.56 Å². The maximum absolute atomic E-state index is 13.4. The van der Waals surface area contributed by atoms with Crippen LogP contribution in [0, 0.1) is 11.7 Å². The second-order valence-electron chi connectivity index (χ2n) is 4.59. The number of rotatable bonds is 3. The van der Waals surface area contributed by atoms with Crippen LogP contribution in [0.25, 0.3) is 0 Å². The minimum absolute atomic E-state index is 0.0310. The molecule has 2 rings (SSSR count). The molecule has 1 unspecified atom stereocenters. The van der Waals surface area contributed by atoms with Gasteiger partial charge < -0.3 is 15.7 Å². The third kappa shape index (κ3) is 3.20. The molecule has 0 spiro atoms. The largest absolute Gasteiger partial charge is 0.508 e. The molecule has 1 aliphatic heterocycles. The second-order valence-corrected chi connectivity index (χ2v) is 4.59. The number of halogens is 1. The Morgan fingerprint density at radius 2 is 2.39 bits per heavy atom. The summed E-state index contributed by atoms with van der Waals surface area (Å²) in [5.41, 5.74) is -0.0310. The van der Waals surface area contributed by atoms with Crippen molar-refractivity contribution >= 4 is 5.91 Å². The van der Waals surface area contributed by atoms with Gasteiger partial charge in [0.25, 0.3) is 5.91 Å². The van der Waals surface area contributed by atoms with E-state index in [1.54, 1.807) is 0 Å². The third-order valence-corrected chi connectivity index (χ3v) is 3.15. The first kappa shape index (κ1) is 12.8. The van der Waals surface area contributed by atoms with Gasteiger partial charge in [0.15, 0.2) is 0 Å². The fourth-order valence-electron chi connectivity index (χ4n) is 2.12. The lowest BCUT2D eigenvalue weighted by Crippen LogP contribution is -2.38. The average molecular weight is 252 g/mol. The topological polar surface area (TPSA) is 61.4 Å². The van der Waals surface area contributed by atoms with Gasteiger partial charge in [0.1, 0.15) is 11.6 Å². The highest BCUT2D eigenvalue weighted by atomic mass is 19.1. The van der Waals surface area contributed by atoms with Crippen LogP contribution < -0.4 is 10.6 Å². The number of phenols is 1. The van der Waals surface area contributed by atoms with E-state index in [1.165, 1.54) is 12.1 Å². The molecule has 1 aliphatic rings. The summed E-state index contributed by atoms with van der Waals surface area (Å²) in [7, 11) is 0. The summed E-state index contributed by atoms with van der Waals surface area (Å²) >= 11 is 0. The molecular formula is C13H17FN2O2. The minimum atomic E-state index is -0.700. The highest BCUT2D eigenvalue weighted by molar-refractivity contribution is 5.94. The minimum Gasteiger partial charge on any atom is -0.508 e. The van der Waals surface area contributed by atoms with Crippen LogP contribution in [0.3, 0.4) is 0 Å². The van der Waals surface area contributed by atoms with Crippen molar-refractivity contribution in [2.75, 3.05) is 19.6 Å². The number of piperidine rings is 1. The van der Waals surface area contributed by atoms with Crippen LogP contribution in [0.4, 0.5) is 4.39 Å². The Kier molecular flexibility index (Phi) is 4.15. The van der Waals surface area contributed by atoms with Crippen LogP contribution in [-0.4, -0.2) is 30.6 Å². The third-order valence-electron chi connectivity index (χ3n) is 3.15. The number of benzene rings is 1. The van der Waals surface area contributed by atoms with Crippen LogP contribution >= 0.6 is 0 Å². The van der Waals surface area contributed by atoms with Crippen LogP contribution in [0.5, 0.6) is 5.75 Å². The van der Waals surface area contributed by atoms with E-state index < -0.39 is 11.7 Å². The lowest BCUT2D eigenvalue weighted by atomic mass is 9.99. The molecule has 4 nitrogen and oxygen atoms in total. The van der Waals surface area contributed by atoms with Crippen molar-refractivity contribution in [1.29, 1.82) is 0 Å². The number of aromatic hydroxyl groups is 1. The van der Waals surface area contributed by atoms with Crippen molar-refractivity contribution in [1.82, 2.24) is 10.6 Å². The van der Waals surface area contributed by atoms with Crippen LogP contribution in [0.1, 0.15) is 23.2 Å². The summed E-state index contributed by atoms with van der Waals surface area (Å²) in [6.07, 6.45) is 2.18. The van der Waals surface area contributed by atoms with Gasteiger partial charge in [-0.2, -0.15) is 0 Å². The molecule has 1 saturated heterocycles. The number of hydrogen-bond acceptors (Lipinski definition) is 3. The van der Waals surface area contributed by atoms with Crippen molar-refractivity contribution in [3.05, 3.63) is 29.6 Å². The zero-order valence-electron chi connectivity index (χ0n) is 10.1. The Labute approximate surface area is 105 Å². The van der Waals surface area contributed by atoms with Gasteiger partial charge in [0, 0.05) is 12.6 Å². The Bertz CT molecular complexity index is 431. The lowest BCUT2D eigenvalue weighted by molar-refractivity contribution is 0.0941. The van der Waals surface area contributed by atoms with Gasteiger partial charge in [-0.25, -0.2) is 4.39 Å². The Morgan fingerprint density at radius 1 is 1.56 bits per heavy atom. The van der Waals surface area contributed by atoms with E-state index in [9.17, 15) is 9.18 Å². The zero-order valence-corrected chi connectivity index (χ0v) is 10.1. The van der Waals surface area contributed by atoms with Gasteiger partial charge >= 0.3 is 0 Å². The number of amides is 1. The van der Waals surface area contributed by atoms with Crippen molar-refractivity contribution in [3.8, 4) is 5.75 Å². The maximum Gasteiger partial charge on any atom is 0.254 e. The van der Waals surface area contributed by atoms with Gasteiger partial charge in [-0.3, -0.25) is 4.79 Å². The first-order chi connectivity index (χ1) is 8.66. The molecule has 0 saturated carbocycles. The molecule has 98 valence electrons. The molecule has 3 N–H and O–H groups in total. The normalized spacial score (nSPS) is 19.5. The molecule has 1 heterocycles. The molecule has 0 radical (unpaired) electrons. The zero-order chi connectivity index (χ0) is 13.0. The van der Waals surface area contributed by atoms with Gasteiger partial charge in [-0.15, -0.1) is 0 Å². The molecule has 0 aromatic heterocycles. The predicted octanol–water partition coefficient (Wildman–Crippen LogP) is 1.26. The number of carbonyl (C=O) groups excluding carboxylic acids is 1. The summed E-state index contributed by atoms with van der Waals surface area (Å²) in [6.45, 7) is 2.46. The molecular weight excluding hydrogens is 235 g/mol. The van der Waals surface area contributed by atoms with Crippen LogP contribution in [-0.2, 0) is 0 Å². The van der Waals surface area contributed by atoms with Crippen molar-refractivity contribution in [2.24, 2.45) is 5.92 Å². The SMILES string of the molecule is O=C(NCC1CCCNC1)c1ccc(O)cc1F. The predicted molar refractivity (Wildman–Crippen MR) is 66.0 cm³/mol. The fraction of sp³-hybridized carbons (Fsp3) is 0.462. The molecule has 0 aliphatic carbocycles. The van der Waals surface area contributed by atoms with E-state index in [-0.39, 0.29) is 11.3 Å². The second kappa shape index (κ2) is 5.82. The first-order valence-corrected chi connectivity index (χ1v) is 6.14. The average Bonchev–Trinajstić information content (AvgIpc) is 2.37. The number of nitrogens with one attached hydrogen (secondary N) is 2. The van der Waals surface area contributed by atoms with E-state index in [4.69, 9.17) is 5.11 Å². The van der Waals surface area contributed by atoms with Crippen LogP contribution in [0.2, 0.25) is 0 Å². The molecule has 1 amide bonds. The van der Waals surface area contributed by atoms with E-state index in [0.29, 0.717) is 12.5 Å². The molecule has 1 aromatic carbocycles. The number of carbonyl (C=O) groups is 1. The van der Waals surface area contributed by atoms with E-state index >= 15 is 0 Å². The highest BCUT2D eigenvalue weighted by Crippen LogP contribution is 2.15. The maximum atomic E-state index is 13.4. The first-order valence-electron chi connectivity index (χ1n) is 6.14. The molecule has 1 atom stereocenters. The summed E-state index contributed by atoms with van der Waals surface area (Å²) < 4.78 is 13.4. The van der Waals surface area contributed by atoms with Crippen LogP contribution in [0.15, 0.2) is 18.2 Å². The number of hydrogen-bond donors (Lipinski definition) is 3. The summed E-state index contributed by atoms with van der Waals surface area (Å²) in [4.78, 5) is 11.8. The van der Waals surface area contributed by atoms with Gasteiger partial charge in [-0.05, 0) is 44.0 Å². The summed E-state index contributed by atoms with van der Waals surface area (Å²) in [5.74, 6) is -0.907. The monoisotopic (exact) mass is 252 g/mol. The van der Waals surface area contributed by atoms with Crippen molar-refractivity contribution in [3.63, 3.8) is 0 Å².